The first-order valence-corrected chi connectivity index (χ1v) is 8.92. The number of thiazole rings is 1. The molecule has 5 nitrogen and oxygen atoms in total. The first kappa shape index (κ1) is 17.1. The number of aromatic nitrogens is 1. The number of morpholine rings is 1. The van der Waals surface area contributed by atoms with Crippen molar-refractivity contribution < 1.29 is 14.3 Å². The first-order valence-electron chi connectivity index (χ1n) is 8.11. The second-order valence-corrected chi connectivity index (χ2v) is 7.36. The van der Waals surface area contributed by atoms with Gasteiger partial charge < -0.3 is 9.47 Å². The van der Waals surface area contributed by atoms with Crippen LogP contribution in [0.1, 0.15) is 25.9 Å². The SMILES string of the molecule is Cc1nc(C(=O)OCC2CN(Cc3ccccc3)CCO2)c(C)s1. The topological polar surface area (TPSA) is 51.7 Å². The van der Waals surface area contributed by atoms with Crippen molar-refractivity contribution in [1.82, 2.24) is 9.88 Å². The number of esters is 1. The number of nitrogens with zero attached hydrogens (tertiary/aromatic N) is 2. The van der Waals surface area contributed by atoms with E-state index in [1.165, 1.54) is 16.9 Å². The van der Waals surface area contributed by atoms with Crippen molar-refractivity contribution in [1.29, 1.82) is 0 Å². The number of ether oxygens (including phenoxy) is 2. The van der Waals surface area contributed by atoms with Crippen LogP contribution < -0.4 is 0 Å². The van der Waals surface area contributed by atoms with Gasteiger partial charge in [0.25, 0.3) is 0 Å². The molecule has 1 aromatic heterocycles. The van der Waals surface area contributed by atoms with E-state index in [0.717, 1.165) is 29.5 Å². The zero-order chi connectivity index (χ0) is 16.9. The third-order valence-corrected chi connectivity index (χ3v) is 4.86. The van der Waals surface area contributed by atoms with Gasteiger partial charge in [0.15, 0.2) is 5.69 Å². The Labute approximate surface area is 146 Å². The van der Waals surface area contributed by atoms with E-state index in [9.17, 15) is 4.79 Å². The number of hydrogen-bond donors (Lipinski definition) is 0. The molecule has 1 aromatic carbocycles. The summed E-state index contributed by atoms with van der Waals surface area (Å²) in [5, 5.41) is 0.877. The molecule has 0 N–H and O–H groups in total. The van der Waals surface area contributed by atoms with Crippen molar-refractivity contribution in [3.8, 4) is 0 Å². The number of hydrogen-bond acceptors (Lipinski definition) is 6. The smallest absolute Gasteiger partial charge is 0.358 e. The molecule has 0 aliphatic carbocycles. The predicted molar refractivity (Wildman–Crippen MR) is 93.3 cm³/mol. The maximum absolute atomic E-state index is 12.1. The zero-order valence-electron chi connectivity index (χ0n) is 14.0. The number of carbonyl (C=O) groups excluding carboxylic acids is 1. The maximum atomic E-state index is 12.1. The standard InChI is InChI=1S/C18H22N2O3S/c1-13-17(19-14(2)24-13)18(21)23-12-16-11-20(8-9-22-16)10-15-6-4-3-5-7-15/h3-7,16H,8-12H2,1-2H3. The summed E-state index contributed by atoms with van der Waals surface area (Å²) in [5.74, 6) is -0.361. The van der Waals surface area contributed by atoms with Gasteiger partial charge in [0.1, 0.15) is 12.7 Å². The summed E-state index contributed by atoms with van der Waals surface area (Å²) in [6.45, 7) is 7.24. The molecule has 1 saturated heterocycles. The molecule has 24 heavy (non-hydrogen) atoms. The van der Waals surface area contributed by atoms with Gasteiger partial charge in [0, 0.05) is 24.5 Å². The summed E-state index contributed by atoms with van der Waals surface area (Å²) in [5.41, 5.74) is 1.71. The van der Waals surface area contributed by atoms with Crippen LogP contribution in [0, 0.1) is 13.8 Å². The van der Waals surface area contributed by atoms with E-state index in [0.29, 0.717) is 12.3 Å². The average Bonchev–Trinajstić information content (AvgIpc) is 2.92. The van der Waals surface area contributed by atoms with Gasteiger partial charge in [-0.1, -0.05) is 30.3 Å². The summed E-state index contributed by atoms with van der Waals surface area (Å²) in [4.78, 5) is 19.6. The van der Waals surface area contributed by atoms with Crippen molar-refractivity contribution in [2.45, 2.75) is 26.5 Å². The Morgan fingerprint density at radius 3 is 2.88 bits per heavy atom. The van der Waals surface area contributed by atoms with Gasteiger partial charge in [-0.2, -0.15) is 0 Å². The largest absolute Gasteiger partial charge is 0.458 e. The summed E-state index contributed by atoms with van der Waals surface area (Å²) >= 11 is 1.51. The van der Waals surface area contributed by atoms with E-state index in [1.807, 2.05) is 32.0 Å². The minimum Gasteiger partial charge on any atom is -0.458 e. The molecular formula is C18H22N2O3S. The Bertz CT molecular complexity index is 687. The van der Waals surface area contributed by atoms with Crippen molar-refractivity contribution in [2.24, 2.45) is 0 Å². The van der Waals surface area contributed by atoms with Crippen molar-refractivity contribution >= 4 is 17.3 Å². The van der Waals surface area contributed by atoms with Crippen molar-refractivity contribution in [2.75, 3.05) is 26.3 Å². The van der Waals surface area contributed by atoms with Crippen LogP contribution in [0.2, 0.25) is 0 Å². The lowest BCUT2D eigenvalue weighted by molar-refractivity contribution is -0.0613. The van der Waals surface area contributed by atoms with Crippen LogP contribution in [0.15, 0.2) is 30.3 Å². The fraction of sp³-hybridized carbons (Fsp3) is 0.444. The lowest BCUT2D eigenvalue weighted by Crippen LogP contribution is -2.44. The number of aryl methyl sites for hydroxylation is 2. The molecule has 1 unspecified atom stereocenters. The highest BCUT2D eigenvalue weighted by molar-refractivity contribution is 7.11. The van der Waals surface area contributed by atoms with Crippen LogP contribution in [0.5, 0.6) is 0 Å². The molecule has 1 aliphatic rings. The molecule has 6 heteroatoms. The monoisotopic (exact) mass is 346 g/mol. The molecule has 0 amide bonds. The normalized spacial score (nSPS) is 18.5. The Morgan fingerprint density at radius 2 is 2.17 bits per heavy atom. The summed E-state index contributed by atoms with van der Waals surface area (Å²) in [6, 6.07) is 10.4. The molecule has 0 saturated carbocycles. The summed E-state index contributed by atoms with van der Waals surface area (Å²) in [6.07, 6.45) is -0.0912. The quantitative estimate of drug-likeness (QED) is 0.779. The lowest BCUT2D eigenvalue weighted by atomic mass is 10.2. The molecule has 1 aliphatic heterocycles. The van der Waals surface area contributed by atoms with Gasteiger partial charge in [-0.15, -0.1) is 11.3 Å². The van der Waals surface area contributed by atoms with Crippen LogP contribution in [0.3, 0.4) is 0 Å². The third kappa shape index (κ3) is 4.41. The van der Waals surface area contributed by atoms with Gasteiger partial charge in [-0.25, -0.2) is 9.78 Å². The van der Waals surface area contributed by atoms with Gasteiger partial charge >= 0.3 is 5.97 Å². The molecule has 2 aromatic rings. The van der Waals surface area contributed by atoms with Crippen LogP contribution in [-0.2, 0) is 16.0 Å². The van der Waals surface area contributed by atoms with Crippen molar-refractivity contribution in [3.63, 3.8) is 0 Å². The Kier molecular flexibility index (Phi) is 5.60. The molecule has 1 atom stereocenters. The van der Waals surface area contributed by atoms with Crippen LogP contribution >= 0.6 is 11.3 Å². The fourth-order valence-electron chi connectivity index (χ4n) is 2.82. The Morgan fingerprint density at radius 1 is 1.38 bits per heavy atom. The Hall–Kier alpha value is -1.76. The number of carbonyl (C=O) groups is 1. The minimum atomic E-state index is -0.361. The molecule has 128 valence electrons. The lowest BCUT2D eigenvalue weighted by Gasteiger charge is -2.32. The molecule has 2 heterocycles. The summed E-state index contributed by atoms with van der Waals surface area (Å²) in [7, 11) is 0. The number of rotatable bonds is 5. The molecule has 0 bridgehead atoms. The van der Waals surface area contributed by atoms with Gasteiger partial charge in [0.2, 0.25) is 0 Å². The number of benzene rings is 1. The van der Waals surface area contributed by atoms with Crippen LogP contribution in [0.25, 0.3) is 0 Å². The highest BCUT2D eigenvalue weighted by Gasteiger charge is 2.23. The Balaban J connectivity index is 1.50. The zero-order valence-corrected chi connectivity index (χ0v) is 14.8. The van der Waals surface area contributed by atoms with Crippen molar-refractivity contribution in [3.05, 3.63) is 51.5 Å². The van der Waals surface area contributed by atoms with E-state index in [-0.39, 0.29) is 18.7 Å². The van der Waals surface area contributed by atoms with Crippen LogP contribution in [-0.4, -0.2) is 48.3 Å². The molecular weight excluding hydrogens is 324 g/mol. The highest BCUT2D eigenvalue weighted by atomic mass is 32.1. The van der Waals surface area contributed by atoms with E-state index in [2.05, 4.69) is 22.0 Å². The van der Waals surface area contributed by atoms with E-state index in [1.54, 1.807) is 0 Å². The molecule has 3 rings (SSSR count). The van der Waals surface area contributed by atoms with Gasteiger partial charge in [-0.05, 0) is 19.4 Å². The van der Waals surface area contributed by atoms with E-state index < -0.39 is 0 Å². The highest BCUT2D eigenvalue weighted by Crippen LogP contribution is 2.18. The minimum absolute atomic E-state index is 0.0912. The molecule has 0 spiro atoms. The van der Waals surface area contributed by atoms with Crippen LogP contribution in [0.4, 0.5) is 0 Å². The fourth-order valence-corrected chi connectivity index (χ4v) is 3.63. The summed E-state index contributed by atoms with van der Waals surface area (Å²) < 4.78 is 11.1. The van der Waals surface area contributed by atoms with E-state index >= 15 is 0 Å². The maximum Gasteiger partial charge on any atom is 0.358 e. The van der Waals surface area contributed by atoms with Gasteiger partial charge in [-0.3, -0.25) is 4.90 Å². The molecule has 0 radical (unpaired) electrons. The average molecular weight is 346 g/mol. The third-order valence-electron chi connectivity index (χ3n) is 3.97. The molecule has 1 fully saturated rings. The van der Waals surface area contributed by atoms with Gasteiger partial charge in [0.05, 0.1) is 11.6 Å². The first-order chi connectivity index (χ1) is 11.6. The predicted octanol–water partition coefficient (Wildman–Crippen LogP) is 2.82. The van der Waals surface area contributed by atoms with E-state index in [4.69, 9.17) is 9.47 Å². The second-order valence-electron chi connectivity index (χ2n) is 5.95. The second kappa shape index (κ2) is 7.88.